The second-order valence-corrected chi connectivity index (χ2v) is 3.53. The predicted molar refractivity (Wildman–Crippen MR) is 53.4 cm³/mol. The van der Waals surface area contributed by atoms with E-state index >= 15 is 0 Å². The van der Waals surface area contributed by atoms with Crippen molar-refractivity contribution in [2.75, 3.05) is 6.54 Å². The Bertz CT molecular complexity index is 255. The first kappa shape index (κ1) is 10.3. The molecular formula is C10H18N2O. The molecule has 3 nitrogen and oxygen atoms in total. The number of aromatic nitrogens is 1. The summed E-state index contributed by atoms with van der Waals surface area (Å²) >= 11 is 0. The molecule has 13 heavy (non-hydrogen) atoms. The fourth-order valence-electron chi connectivity index (χ4n) is 1.47. The van der Waals surface area contributed by atoms with Gasteiger partial charge in [0.2, 0.25) is 0 Å². The lowest BCUT2D eigenvalue weighted by Gasteiger charge is -2.16. The second kappa shape index (κ2) is 4.44. The van der Waals surface area contributed by atoms with Crippen LogP contribution >= 0.6 is 0 Å². The Morgan fingerprint density at radius 3 is 2.77 bits per heavy atom. The maximum absolute atomic E-state index is 9.74. The number of aliphatic hydroxyl groups is 1. The molecule has 0 fully saturated rings. The third-order valence-electron chi connectivity index (χ3n) is 2.15. The van der Waals surface area contributed by atoms with Crippen molar-refractivity contribution in [3.05, 3.63) is 24.0 Å². The standard InChI is InChI=1S/C10H18N2O/c1-8(2)12-7-3-4-9(12)10(13)5-6-11/h3-4,7-8,10,13H,5-6,11H2,1-2H3. The van der Waals surface area contributed by atoms with Crippen LogP contribution in [0.25, 0.3) is 0 Å². The highest BCUT2D eigenvalue weighted by atomic mass is 16.3. The minimum Gasteiger partial charge on any atom is -0.387 e. The summed E-state index contributed by atoms with van der Waals surface area (Å²) < 4.78 is 2.07. The summed E-state index contributed by atoms with van der Waals surface area (Å²) in [5.41, 5.74) is 6.35. The van der Waals surface area contributed by atoms with Crippen molar-refractivity contribution in [2.45, 2.75) is 32.4 Å². The normalized spacial score (nSPS) is 13.6. The largest absolute Gasteiger partial charge is 0.387 e. The Labute approximate surface area is 79.2 Å². The smallest absolute Gasteiger partial charge is 0.0951 e. The van der Waals surface area contributed by atoms with E-state index in [9.17, 15) is 5.11 Å². The van der Waals surface area contributed by atoms with Gasteiger partial charge in [-0.15, -0.1) is 0 Å². The quantitative estimate of drug-likeness (QED) is 0.740. The van der Waals surface area contributed by atoms with Crippen LogP contribution in [0.4, 0.5) is 0 Å². The monoisotopic (exact) mass is 182 g/mol. The van der Waals surface area contributed by atoms with Crippen molar-refractivity contribution in [2.24, 2.45) is 5.73 Å². The van der Waals surface area contributed by atoms with Crippen molar-refractivity contribution in [1.82, 2.24) is 4.57 Å². The average molecular weight is 182 g/mol. The zero-order chi connectivity index (χ0) is 9.84. The molecule has 0 saturated carbocycles. The van der Waals surface area contributed by atoms with Crippen molar-refractivity contribution in [3.8, 4) is 0 Å². The maximum atomic E-state index is 9.74. The average Bonchev–Trinajstić information content (AvgIpc) is 2.52. The molecule has 0 saturated heterocycles. The van der Waals surface area contributed by atoms with Gasteiger partial charge in [0.05, 0.1) is 6.10 Å². The molecule has 0 bridgehead atoms. The van der Waals surface area contributed by atoms with E-state index in [2.05, 4.69) is 18.4 Å². The highest BCUT2D eigenvalue weighted by Crippen LogP contribution is 2.20. The zero-order valence-electron chi connectivity index (χ0n) is 8.27. The fourth-order valence-corrected chi connectivity index (χ4v) is 1.47. The van der Waals surface area contributed by atoms with Crippen molar-refractivity contribution < 1.29 is 5.11 Å². The Kier molecular flexibility index (Phi) is 3.51. The van der Waals surface area contributed by atoms with E-state index in [1.807, 2.05) is 18.3 Å². The highest BCUT2D eigenvalue weighted by molar-refractivity contribution is 5.11. The van der Waals surface area contributed by atoms with Gasteiger partial charge in [-0.25, -0.2) is 0 Å². The lowest BCUT2D eigenvalue weighted by atomic mass is 10.2. The summed E-state index contributed by atoms with van der Waals surface area (Å²) in [5.74, 6) is 0. The van der Waals surface area contributed by atoms with Crippen LogP contribution in [0.5, 0.6) is 0 Å². The molecular weight excluding hydrogens is 164 g/mol. The van der Waals surface area contributed by atoms with Crippen LogP contribution in [0.2, 0.25) is 0 Å². The molecule has 1 aromatic rings. The number of rotatable bonds is 4. The van der Waals surface area contributed by atoms with E-state index < -0.39 is 6.10 Å². The van der Waals surface area contributed by atoms with E-state index in [1.165, 1.54) is 0 Å². The van der Waals surface area contributed by atoms with Crippen molar-refractivity contribution in [1.29, 1.82) is 0 Å². The van der Waals surface area contributed by atoms with Crippen LogP contribution in [-0.2, 0) is 0 Å². The summed E-state index contributed by atoms with van der Waals surface area (Å²) in [4.78, 5) is 0. The van der Waals surface area contributed by atoms with E-state index in [0.29, 0.717) is 19.0 Å². The topological polar surface area (TPSA) is 51.2 Å². The summed E-state index contributed by atoms with van der Waals surface area (Å²) in [6.45, 7) is 4.71. The third-order valence-corrected chi connectivity index (χ3v) is 2.15. The van der Waals surface area contributed by atoms with Crippen LogP contribution in [0, 0.1) is 0 Å². The summed E-state index contributed by atoms with van der Waals surface area (Å²) in [6, 6.07) is 4.28. The van der Waals surface area contributed by atoms with Gasteiger partial charge in [0.25, 0.3) is 0 Å². The summed E-state index contributed by atoms with van der Waals surface area (Å²) in [5, 5.41) is 9.74. The van der Waals surface area contributed by atoms with Gasteiger partial charge in [-0.05, 0) is 38.9 Å². The van der Waals surface area contributed by atoms with Gasteiger partial charge >= 0.3 is 0 Å². The molecule has 3 N–H and O–H groups in total. The summed E-state index contributed by atoms with van der Waals surface area (Å²) in [6.07, 6.45) is 2.18. The molecule has 1 rings (SSSR count). The Morgan fingerprint density at radius 2 is 2.23 bits per heavy atom. The zero-order valence-corrected chi connectivity index (χ0v) is 8.27. The lowest BCUT2D eigenvalue weighted by Crippen LogP contribution is -2.12. The second-order valence-electron chi connectivity index (χ2n) is 3.53. The SMILES string of the molecule is CC(C)n1cccc1C(O)CCN. The lowest BCUT2D eigenvalue weighted by molar-refractivity contribution is 0.159. The van der Waals surface area contributed by atoms with Crippen LogP contribution in [-0.4, -0.2) is 16.2 Å². The van der Waals surface area contributed by atoms with E-state index in [-0.39, 0.29) is 0 Å². The molecule has 1 unspecified atom stereocenters. The first-order valence-corrected chi connectivity index (χ1v) is 4.71. The Balaban J connectivity index is 2.80. The predicted octanol–water partition coefficient (Wildman–Crippen LogP) is 1.45. The minimum atomic E-state index is -0.428. The maximum Gasteiger partial charge on any atom is 0.0951 e. The molecule has 0 aliphatic rings. The molecule has 0 radical (unpaired) electrons. The molecule has 0 aromatic carbocycles. The van der Waals surface area contributed by atoms with Gasteiger partial charge in [0.15, 0.2) is 0 Å². The molecule has 0 amide bonds. The Hall–Kier alpha value is -0.800. The van der Waals surface area contributed by atoms with Gasteiger partial charge in [0.1, 0.15) is 0 Å². The van der Waals surface area contributed by atoms with Crippen LogP contribution in [0.1, 0.15) is 38.1 Å². The van der Waals surface area contributed by atoms with E-state index in [0.717, 1.165) is 5.69 Å². The number of nitrogens with zero attached hydrogens (tertiary/aromatic N) is 1. The molecule has 1 atom stereocenters. The number of nitrogens with two attached hydrogens (primary N) is 1. The van der Waals surface area contributed by atoms with Crippen molar-refractivity contribution in [3.63, 3.8) is 0 Å². The molecule has 0 spiro atoms. The van der Waals surface area contributed by atoms with Crippen LogP contribution < -0.4 is 5.73 Å². The summed E-state index contributed by atoms with van der Waals surface area (Å²) in [7, 11) is 0. The van der Waals surface area contributed by atoms with Crippen LogP contribution in [0.3, 0.4) is 0 Å². The number of hydrogen-bond acceptors (Lipinski definition) is 2. The fraction of sp³-hybridized carbons (Fsp3) is 0.600. The van der Waals surface area contributed by atoms with Crippen LogP contribution in [0.15, 0.2) is 18.3 Å². The number of aliphatic hydroxyl groups excluding tert-OH is 1. The van der Waals surface area contributed by atoms with Gasteiger partial charge < -0.3 is 15.4 Å². The van der Waals surface area contributed by atoms with Crippen molar-refractivity contribution >= 4 is 0 Å². The Morgan fingerprint density at radius 1 is 1.54 bits per heavy atom. The van der Waals surface area contributed by atoms with Gasteiger partial charge in [0, 0.05) is 17.9 Å². The van der Waals surface area contributed by atoms with E-state index in [1.54, 1.807) is 0 Å². The number of hydrogen-bond donors (Lipinski definition) is 2. The first-order chi connectivity index (χ1) is 6.16. The molecule has 74 valence electrons. The minimum absolute atomic E-state index is 0.387. The van der Waals surface area contributed by atoms with Gasteiger partial charge in [-0.1, -0.05) is 0 Å². The molecule has 0 aliphatic heterocycles. The first-order valence-electron chi connectivity index (χ1n) is 4.71. The highest BCUT2D eigenvalue weighted by Gasteiger charge is 2.12. The molecule has 1 aromatic heterocycles. The van der Waals surface area contributed by atoms with Gasteiger partial charge in [-0.2, -0.15) is 0 Å². The molecule has 1 heterocycles. The van der Waals surface area contributed by atoms with E-state index in [4.69, 9.17) is 5.73 Å². The molecule has 0 aliphatic carbocycles. The third kappa shape index (κ3) is 2.32. The molecule has 3 heteroatoms. The van der Waals surface area contributed by atoms with Gasteiger partial charge in [-0.3, -0.25) is 0 Å².